The third kappa shape index (κ3) is 4.67. The second-order valence-electron chi connectivity index (χ2n) is 7.92. The molecule has 1 saturated heterocycles. The van der Waals surface area contributed by atoms with E-state index in [0.29, 0.717) is 12.1 Å². The van der Waals surface area contributed by atoms with Crippen LogP contribution in [0.2, 0.25) is 0 Å². The first-order chi connectivity index (χ1) is 13.8. The molecule has 29 heavy (non-hydrogen) atoms. The van der Waals surface area contributed by atoms with Crippen molar-refractivity contribution < 1.29 is 4.74 Å². The summed E-state index contributed by atoms with van der Waals surface area (Å²) in [7, 11) is 1.75. The van der Waals surface area contributed by atoms with E-state index in [1.807, 2.05) is 12.1 Å². The van der Waals surface area contributed by atoms with Gasteiger partial charge in [0.2, 0.25) is 0 Å². The summed E-state index contributed by atoms with van der Waals surface area (Å²) < 4.78 is 7.70. The molecule has 1 aliphatic heterocycles. The minimum atomic E-state index is 0. The number of anilines is 1. The number of hydrogen-bond donors (Lipinski definition) is 0. The summed E-state index contributed by atoms with van der Waals surface area (Å²) >= 11 is 0. The highest BCUT2D eigenvalue weighted by Crippen LogP contribution is 2.34. The van der Waals surface area contributed by atoms with Crippen LogP contribution in [-0.2, 0) is 0 Å². The number of hydrogen-bond acceptors (Lipinski definition) is 6. The topological polar surface area (TPSA) is 59.3 Å². The van der Waals surface area contributed by atoms with Gasteiger partial charge in [0, 0.05) is 26.2 Å². The molecule has 1 saturated carbocycles. The fraction of sp³-hybridized carbons (Fsp3) is 0.667. The predicted octanol–water partition coefficient (Wildman–Crippen LogP) is 3.88. The van der Waals surface area contributed by atoms with E-state index in [4.69, 9.17) is 4.74 Å². The molecule has 7 nitrogen and oxygen atoms in total. The molecule has 1 atom stereocenters. The first-order valence-corrected chi connectivity index (χ1v) is 10.7. The SMILES string of the molecule is CCCC(c1nnnn1C1CCCC1)N1CCN(c2ccccc2OC)CC1.Cl. The number of halogens is 1. The molecule has 1 aromatic carbocycles. The molecule has 0 N–H and O–H groups in total. The average molecular weight is 421 g/mol. The number of para-hydroxylation sites is 2. The van der Waals surface area contributed by atoms with Crippen LogP contribution in [0.15, 0.2) is 24.3 Å². The lowest BCUT2D eigenvalue weighted by Gasteiger charge is -2.40. The second kappa shape index (κ2) is 10.3. The van der Waals surface area contributed by atoms with Gasteiger partial charge >= 0.3 is 0 Å². The Morgan fingerprint density at radius 1 is 1.10 bits per heavy atom. The lowest BCUT2D eigenvalue weighted by molar-refractivity contribution is 0.161. The zero-order valence-electron chi connectivity index (χ0n) is 17.5. The summed E-state index contributed by atoms with van der Waals surface area (Å²) in [5.74, 6) is 2.02. The molecular formula is C21H33ClN6O. The van der Waals surface area contributed by atoms with Gasteiger partial charge in [0.15, 0.2) is 5.82 Å². The van der Waals surface area contributed by atoms with Gasteiger partial charge < -0.3 is 9.64 Å². The highest BCUT2D eigenvalue weighted by molar-refractivity contribution is 5.85. The summed E-state index contributed by atoms with van der Waals surface area (Å²) in [4.78, 5) is 5.00. The van der Waals surface area contributed by atoms with Crippen molar-refractivity contribution in [3.63, 3.8) is 0 Å². The van der Waals surface area contributed by atoms with Gasteiger partial charge in [0.05, 0.1) is 24.9 Å². The van der Waals surface area contributed by atoms with Gasteiger partial charge in [0.25, 0.3) is 0 Å². The number of benzene rings is 1. The molecule has 1 aromatic heterocycles. The van der Waals surface area contributed by atoms with Crippen molar-refractivity contribution in [3.8, 4) is 5.75 Å². The van der Waals surface area contributed by atoms with E-state index in [1.165, 1.54) is 31.4 Å². The van der Waals surface area contributed by atoms with Crippen molar-refractivity contribution in [1.82, 2.24) is 25.1 Å². The molecule has 2 fully saturated rings. The molecule has 2 aliphatic rings. The Balaban J connectivity index is 0.00000240. The number of piperazine rings is 1. The van der Waals surface area contributed by atoms with Crippen molar-refractivity contribution in [2.24, 2.45) is 0 Å². The monoisotopic (exact) mass is 420 g/mol. The van der Waals surface area contributed by atoms with E-state index in [-0.39, 0.29) is 12.4 Å². The van der Waals surface area contributed by atoms with Gasteiger partial charge in [-0.25, -0.2) is 4.68 Å². The fourth-order valence-electron chi connectivity index (χ4n) is 4.74. The quantitative estimate of drug-likeness (QED) is 0.677. The van der Waals surface area contributed by atoms with Gasteiger partial charge in [-0.15, -0.1) is 17.5 Å². The first kappa shape index (κ1) is 21.8. The van der Waals surface area contributed by atoms with Crippen molar-refractivity contribution in [3.05, 3.63) is 30.1 Å². The third-order valence-electron chi connectivity index (χ3n) is 6.23. The molecule has 0 radical (unpaired) electrons. The number of nitrogens with zero attached hydrogens (tertiary/aromatic N) is 6. The van der Waals surface area contributed by atoms with Crippen LogP contribution in [0, 0.1) is 0 Å². The molecule has 160 valence electrons. The first-order valence-electron chi connectivity index (χ1n) is 10.7. The minimum Gasteiger partial charge on any atom is -0.495 e. The van der Waals surface area contributed by atoms with Crippen LogP contribution in [0.5, 0.6) is 5.75 Å². The maximum Gasteiger partial charge on any atom is 0.168 e. The van der Waals surface area contributed by atoms with Crippen LogP contribution in [0.4, 0.5) is 5.69 Å². The maximum atomic E-state index is 5.56. The van der Waals surface area contributed by atoms with Crippen molar-refractivity contribution in [2.75, 3.05) is 38.2 Å². The van der Waals surface area contributed by atoms with Crippen LogP contribution < -0.4 is 9.64 Å². The van der Waals surface area contributed by atoms with Crippen molar-refractivity contribution in [1.29, 1.82) is 0 Å². The Morgan fingerprint density at radius 3 is 2.52 bits per heavy atom. The van der Waals surface area contributed by atoms with E-state index in [0.717, 1.165) is 50.6 Å². The van der Waals surface area contributed by atoms with E-state index in [1.54, 1.807) is 7.11 Å². The number of aromatic nitrogens is 4. The standard InChI is InChI=1S/C21H32N6O.ClH/c1-3-8-19(21-22-23-24-27(21)17-9-4-5-10-17)26-15-13-25(14-16-26)18-11-6-7-12-20(18)28-2;/h6-7,11-12,17,19H,3-5,8-10,13-16H2,1-2H3;1H. The summed E-state index contributed by atoms with van der Waals surface area (Å²) in [6.45, 7) is 6.26. The minimum absolute atomic E-state index is 0. The molecule has 4 rings (SSSR count). The van der Waals surface area contributed by atoms with E-state index < -0.39 is 0 Å². The van der Waals surface area contributed by atoms with Crippen LogP contribution in [0.3, 0.4) is 0 Å². The molecule has 8 heteroatoms. The van der Waals surface area contributed by atoms with Gasteiger partial charge in [-0.3, -0.25) is 4.90 Å². The Labute approximate surface area is 179 Å². The van der Waals surface area contributed by atoms with Gasteiger partial charge in [-0.05, 0) is 41.8 Å². The van der Waals surface area contributed by atoms with E-state index >= 15 is 0 Å². The van der Waals surface area contributed by atoms with Crippen molar-refractivity contribution >= 4 is 18.1 Å². The Bertz CT molecular complexity index is 755. The number of tetrazole rings is 1. The highest BCUT2D eigenvalue weighted by atomic mass is 35.5. The van der Waals surface area contributed by atoms with E-state index in [2.05, 4.69) is 49.1 Å². The Hall–Kier alpha value is -1.86. The molecule has 0 spiro atoms. The lowest BCUT2D eigenvalue weighted by Crippen LogP contribution is -2.48. The number of rotatable bonds is 7. The van der Waals surface area contributed by atoms with Crippen molar-refractivity contribution in [2.45, 2.75) is 57.5 Å². The van der Waals surface area contributed by atoms with Crippen LogP contribution in [0.1, 0.15) is 63.4 Å². The third-order valence-corrected chi connectivity index (χ3v) is 6.23. The summed E-state index contributed by atoms with van der Waals surface area (Å²) in [6, 6.07) is 9.09. The molecule has 1 aliphatic carbocycles. The zero-order valence-corrected chi connectivity index (χ0v) is 18.4. The normalized spacial score (nSPS) is 19.2. The summed E-state index contributed by atoms with van der Waals surface area (Å²) in [5, 5.41) is 12.9. The molecule has 2 heterocycles. The maximum absolute atomic E-state index is 5.56. The lowest BCUT2D eigenvalue weighted by atomic mass is 10.1. The van der Waals surface area contributed by atoms with E-state index in [9.17, 15) is 0 Å². The zero-order chi connectivity index (χ0) is 19.3. The molecular weight excluding hydrogens is 388 g/mol. The van der Waals surface area contributed by atoms with Gasteiger partial charge in [-0.2, -0.15) is 0 Å². The predicted molar refractivity (Wildman–Crippen MR) is 117 cm³/mol. The van der Waals surface area contributed by atoms with Crippen LogP contribution in [0.25, 0.3) is 0 Å². The molecule has 0 bridgehead atoms. The van der Waals surface area contributed by atoms with Gasteiger partial charge in [-0.1, -0.05) is 38.3 Å². The Morgan fingerprint density at radius 2 is 1.83 bits per heavy atom. The number of methoxy groups -OCH3 is 1. The molecule has 2 aromatic rings. The summed E-state index contributed by atoms with van der Waals surface area (Å²) in [6.07, 6.45) is 7.23. The number of ether oxygens (including phenoxy) is 1. The smallest absolute Gasteiger partial charge is 0.168 e. The van der Waals surface area contributed by atoms with Crippen LogP contribution >= 0.6 is 12.4 Å². The molecule has 0 amide bonds. The fourth-order valence-corrected chi connectivity index (χ4v) is 4.74. The summed E-state index contributed by atoms with van der Waals surface area (Å²) in [5.41, 5.74) is 1.19. The second-order valence-corrected chi connectivity index (χ2v) is 7.92. The van der Waals surface area contributed by atoms with Crippen LogP contribution in [-0.4, -0.2) is 58.4 Å². The largest absolute Gasteiger partial charge is 0.495 e. The highest BCUT2D eigenvalue weighted by Gasteiger charge is 2.31. The Kier molecular flexibility index (Phi) is 7.72. The van der Waals surface area contributed by atoms with Gasteiger partial charge in [0.1, 0.15) is 5.75 Å². The molecule has 1 unspecified atom stereocenters. The average Bonchev–Trinajstić information content (AvgIpc) is 3.44.